The molecule has 1 unspecified atom stereocenters. The van der Waals surface area contributed by atoms with Crippen LogP contribution in [-0.4, -0.2) is 19.6 Å². The zero-order chi connectivity index (χ0) is 4.24. The molecule has 1 aliphatic heterocycles. The average Bonchev–Trinajstić information content (AvgIpc) is 1.72. The Morgan fingerprint density at radius 3 is 2.67 bits per heavy atom. The molecule has 3 heteroatoms. The summed E-state index contributed by atoms with van der Waals surface area (Å²) in [6.07, 6.45) is 1.08. The first-order chi connectivity index (χ1) is 3.00. The van der Waals surface area contributed by atoms with Crippen LogP contribution in [0.5, 0.6) is 0 Å². The summed E-state index contributed by atoms with van der Waals surface area (Å²) in [7, 11) is 0.677. The maximum Gasteiger partial charge on any atom is 0.150 e. The van der Waals surface area contributed by atoms with Gasteiger partial charge in [-0.2, -0.15) is 0 Å². The van der Waals surface area contributed by atoms with Crippen LogP contribution in [0.4, 0.5) is 0 Å². The molecule has 0 aliphatic carbocycles. The molecule has 0 amide bonds. The molecule has 6 heavy (non-hydrogen) atoms. The third-order valence-electron chi connectivity index (χ3n) is 0.593. The second kappa shape index (κ2) is 2.51. The first-order valence-electron chi connectivity index (χ1n) is 1.92. The van der Waals surface area contributed by atoms with Crippen LogP contribution < -0.4 is 0 Å². The highest BCUT2D eigenvalue weighted by atomic mass is 31.1. The van der Waals surface area contributed by atoms with Crippen LogP contribution in [0.3, 0.4) is 0 Å². The Hall–Kier alpha value is 0.350. The molecule has 1 heterocycles. The smallest absolute Gasteiger partial charge is 0.150 e. The molecular formula is C3H7O2P. The molecule has 1 aliphatic rings. The largest absolute Gasteiger partial charge is 0.355 e. The number of hydrogen-bond acceptors (Lipinski definition) is 2. The van der Waals surface area contributed by atoms with Gasteiger partial charge in [0.05, 0.1) is 6.61 Å². The molecule has 0 aromatic rings. The van der Waals surface area contributed by atoms with Crippen molar-refractivity contribution in [3.05, 3.63) is 0 Å². The maximum absolute atomic E-state index is 4.88. The SMILES string of the molecule is C1CPOCO1. The molecule has 0 N–H and O–H groups in total. The van der Waals surface area contributed by atoms with Crippen molar-refractivity contribution in [1.82, 2.24) is 0 Å². The van der Waals surface area contributed by atoms with E-state index >= 15 is 0 Å². The van der Waals surface area contributed by atoms with Gasteiger partial charge in [-0.1, -0.05) is 0 Å². The fourth-order valence-electron chi connectivity index (χ4n) is 0.328. The third-order valence-corrected chi connectivity index (χ3v) is 1.32. The molecule has 0 spiro atoms. The monoisotopic (exact) mass is 106 g/mol. The van der Waals surface area contributed by atoms with Gasteiger partial charge in [0.15, 0.2) is 0 Å². The van der Waals surface area contributed by atoms with Crippen LogP contribution >= 0.6 is 8.81 Å². The summed E-state index contributed by atoms with van der Waals surface area (Å²) in [5.74, 6) is 0. The van der Waals surface area contributed by atoms with E-state index in [2.05, 4.69) is 0 Å². The summed E-state index contributed by atoms with van der Waals surface area (Å²) in [6.45, 7) is 1.40. The highest BCUT2D eigenvalue weighted by molar-refractivity contribution is 7.32. The van der Waals surface area contributed by atoms with Crippen molar-refractivity contribution >= 4 is 8.81 Å². The molecule has 0 aromatic heterocycles. The van der Waals surface area contributed by atoms with Crippen molar-refractivity contribution in [2.24, 2.45) is 0 Å². The van der Waals surface area contributed by atoms with Gasteiger partial charge >= 0.3 is 0 Å². The summed E-state index contributed by atoms with van der Waals surface area (Å²) in [5, 5.41) is 0. The summed E-state index contributed by atoms with van der Waals surface area (Å²) < 4.78 is 9.73. The number of ether oxygens (including phenoxy) is 1. The van der Waals surface area contributed by atoms with Crippen molar-refractivity contribution in [2.45, 2.75) is 0 Å². The Kier molecular flexibility index (Phi) is 1.89. The molecule has 1 rings (SSSR count). The summed E-state index contributed by atoms with van der Waals surface area (Å²) in [4.78, 5) is 0. The lowest BCUT2D eigenvalue weighted by molar-refractivity contribution is 0.0181. The minimum Gasteiger partial charge on any atom is -0.355 e. The number of hydrogen-bond donors (Lipinski definition) is 0. The lowest BCUT2D eigenvalue weighted by Crippen LogP contribution is -2.04. The van der Waals surface area contributed by atoms with Crippen LogP contribution in [0, 0.1) is 0 Å². The molecule has 2 nitrogen and oxygen atoms in total. The van der Waals surface area contributed by atoms with E-state index in [-0.39, 0.29) is 0 Å². The van der Waals surface area contributed by atoms with Crippen LogP contribution in [0.25, 0.3) is 0 Å². The van der Waals surface area contributed by atoms with Crippen LogP contribution in [0.15, 0.2) is 0 Å². The standard InChI is InChI=1S/C3H7O2P/c1-2-6-5-3-4-1/h6H,1-3H2. The molecule has 1 atom stereocenters. The van der Waals surface area contributed by atoms with Crippen molar-refractivity contribution in [3.8, 4) is 0 Å². The second-order valence-corrected chi connectivity index (χ2v) is 2.14. The zero-order valence-corrected chi connectivity index (χ0v) is 4.44. The van der Waals surface area contributed by atoms with Crippen molar-refractivity contribution in [3.63, 3.8) is 0 Å². The fraction of sp³-hybridized carbons (Fsp3) is 1.00. The Morgan fingerprint density at radius 2 is 2.50 bits per heavy atom. The van der Waals surface area contributed by atoms with E-state index in [0.29, 0.717) is 15.6 Å². The lowest BCUT2D eigenvalue weighted by Gasteiger charge is -2.09. The van der Waals surface area contributed by atoms with Gasteiger partial charge in [-0.3, -0.25) is 0 Å². The second-order valence-electron chi connectivity index (χ2n) is 1.06. The van der Waals surface area contributed by atoms with Gasteiger partial charge in [0.1, 0.15) is 6.79 Å². The molecule has 0 bridgehead atoms. The topological polar surface area (TPSA) is 18.5 Å². The molecule has 1 fully saturated rings. The minimum absolute atomic E-state index is 0.512. The third kappa shape index (κ3) is 1.21. The maximum atomic E-state index is 4.88. The highest BCUT2D eigenvalue weighted by Crippen LogP contribution is 2.14. The van der Waals surface area contributed by atoms with Crippen LogP contribution in [-0.2, 0) is 9.26 Å². The molecular weight excluding hydrogens is 99.0 g/mol. The van der Waals surface area contributed by atoms with E-state index in [1.54, 1.807) is 0 Å². The van der Waals surface area contributed by atoms with E-state index in [0.717, 1.165) is 12.8 Å². The van der Waals surface area contributed by atoms with E-state index < -0.39 is 0 Å². The quantitative estimate of drug-likeness (QED) is 0.420. The summed E-state index contributed by atoms with van der Waals surface area (Å²) in [5.41, 5.74) is 0. The number of rotatable bonds is 0. The molecule has 0 saturated carbocycles. The van der Waals surface area contributed by atoms with Gasteiger partial charge in [-0.15, -0.1) is 0 Å². The van der Waals surface area contributed by atoms with Crippen molar-refractivity contribution in [1.29, 1.82) is 0 Å². The molecule has 1 saturated heterocycles. The van der Waals surface area contributed by atoms with Gasteiger partial charge in [0, 0.05) is 15.0 Å². The predicted octanol–water partition coefficient (Wildman–Crippen LogP) is 0.584. The van der Waals surface area contributed by atoms with Gasteiger partial charge in [-0.05, 0) is 0 Å². The minimum atomic E-state index is 0.512. The Labute approximate surface area is 38.7 Å². The van der Waals surface area contributed by atoms with Crippen molar-refractivity contribution in [2.75, 3.05) is 19.6 Å². The first kappa shape index (κ1) is 4.51. The van der Waals surface area contributed by atoms with E-state index in [1.807, 2.05) is 0 Å². The van der Waals surface area contributed by atoms with Gasteiger partial charge in [-0.25, -0.2) is 0 Å². The van der Waals surface area contributed by atoms with E-state index in [9.17, 15) is 0 Å². The Bertz CT molecular complexity index is 24.3. The zero-order valence-electron chi connectivity index (χ0n) is 3.44. The normalized spacial score (nSPS) is 28.0. The average molecular weight is 106 g/mol. The van der Waals surface area contributed by atoms with Gasteiger partial charge in [0.2, 0.25) is 0 Å². The molecule has 36 valence electrons. The molecule has 0 radical (unpaired) electrons. The van der Waals surface area contributed by atoms with Crippen molar-refractivity contribution < 1.29 is 9.26 Å². The van der Waals surface area contributed by atoms with Crippen LogP contribution in [0.2, 0.25) is 0 Å². The fourth-order valence-corrected chi connectivity index (χ4v) is 0.867. The van der Waals surface area contributed by atoms with E-state index in [4.69, 9.17) is 9.26 Å². The lowest BCUT2D eigenvalue weighted by atomic mass is 10.9. The predicted molar refractivity (Wildman–Crippen MR) is 25.1 cm³/mol. The Balaban J connectivity index is 2.00. The van der Waals surface area contributed by atoms with Crippen LogP contribution in [0.1, 0.15) is 0 Å². The first-order valence-corrected chi connectivity index (χ1v) is 3.04. The Morgan fingerprint density at radius 1 is 1.50 bits per heavy atom. The van der Waals surface area contributed by atoms with E-state index in [1.165, 1.54) is 0 Å². The van der Waals surface area contributed by atoms with Gasteiger partial charge < -0.3 is 9.26 Å². The highest BCUT2D eigenvalue weighted by Gasteiger charge is 1.94. The van der Waals surface area contributed by atoms with Gasteiger partial charge in [0.25, 0.3) is 0 Å². The molecule has 0 aromatic carbocycles. The summed E-state index contributed by atoms with van der Waals surface area (Å²) >= 11 is 0. The summed E-state index contributed by atoms with van der Waals surface area (Å²) in [6, 6.07) is 0.